The standard InChI is InChI=1S/C4H8ClN.ClH/c5-4-1-2-6-3-4;/h4,6H,1-3H2;1H. The van der Waals surface area contributed by atoms with Gasteiger partial charge >= 0.3 is 0 Å². The molecule has 44 valence electrons. The van der Waals surface area contributed by atoms with Gasteiger partial charge in [-0.2, -0.15) is 0 Å². The smallest absolute Gasteiger partial charge is 0.0472 e. The topological polar surface area (TPSA) is 12.0 Å². The molecule has 0 aromatic carbocycles. The lowest BCUT2D eigenvalue weighted by molar-refractivity contribution is 0.858. The van der Waals surface area contributed by atoms with E-state index in [0.29, 0.717) is 5.38 Å². The highest BCUT2D eigenvalue weighted by molar-refractivity contribution is 6.20. The van der Waals surface area contributed by atoms with Gasteiger partial charge < -0.3 is 5.32 Å². The molecule has 1 saturated heterocycles. The lowest BCUT2D eigenvalue weighted by Gasteiger charge is -1.87. The van der Waals surface area contributed by atoms with Crippen molar-refractivity contribution in [3.05, 3.63) is 0 Å². The first kappa shape index (κ1) is 7.54. The van der Waals surface area contributed by atoms with Gasteiger partial charge in [-0.15, -0.1) is 24.0 Å². The average Bonchev–Trinajstić information content (AvgIpc) is 1.86. The van der Waals surface area contributed by atoms with Crippen LogP contribution < -0.4 is 5.32 Å². The van der Waals surface area contributed by atoms with Gasteiger partial charge in [0.25, 0.3) is 0 Å². The fourth-order valence-corrected chi connectivity index (χ4v) is 0.838. The fraction of sp³-hybridized carbons (Fsp3) is 1.00. The quantitative estimate of drug-likeness (QED) is 0.497. The Labute approximate surface area is 54.8 Å². The molecular formula is C4H9Cl2N. The van der Waals surface area contributed by atoms with Gasteiger partial charge in [0.15, 0.2) is 0 Å². The summed E-state index contributed by atoms with van der Waals surface area (Å²) in [6.45, 7) is 2.11. The van der Waals surface area contributed by atoms with Crippen LogP contribution in [0.25, 0.3) is 0 Å². The first-order valence-electron chi connectivity index (χ1n) is 2.24. The van der Waals surface area contributed by atoms with Crippen molar-refractivity contribution in [2.75, 3.05) is 13.1 Å². The Kier molecular flexibility index (Phi) is 3.80. The van der Waals surface area contributed by atoms with Gasteiger partial charge in [0, 0.05) is 11.9 Å². The number of rotatable bonds is 0. The summed E-state index contributed by atoms with van der Waals surface area (Å²) >= 11 is 5.65. The van der Waals surface area contributed by atoms with Crippen molar-refractivity contribution in [3.8, 4) is 0 Å². The van der Waals surface area contributed by atoms with Crippen LogP contribution in [-0.4, -0.2) is 18.5 Å². The van der Waals surface area contributed by atoms with E-state index >= 15 is 0 Å². The van der Waals surface area contributed by atoms with E-state index in [4.69, 9.17) is 11.6 Å². The van der Waals surface area contributed by atoms with E-state index in [1.54, 1.807) is 0 Å². The zero-order chi connectivity index (χ0) is 4.41. The van der Waals surface area contributed by atoms with E-state index < -0.39 is 0 Å². The monoisotopic (exact) mass is 141 g/mol. The van der Waals surface area contributed by atoms with Crippen LogP contribution in [0.2, 0.25) is 0 Å². The molecule has 1 nitrogen and oxygen atoms in total. The molecule has 1 aliphatic rings. The molecule has 0 aromatic heterocycles. The normalized spacial score (nSPS) is 29.6. The molecule has 1 rings (SSSR count). The first-order valence-corrected chi connectivity index (χ1v) is 2.68. The van der Waals surface area contributed by atoms with E-state index in [0.717, 1.165) is 19.5 Å². The maximum absolute atomic E-state index is 5.65. The van der Waals surface area contributed by atoms with Crippen LogP contribution in [0.15, 0.2) is 0 Å². The number of halogens is 2. The van der Waals surface area contributed by atoms with Crippen molar-refractivity contribution in [1.29, 1.82) is 0 Å². The third kappa shape index (κ3) is 2.37. The highest BCUT2D eigenvalue weighted by Crippen LogP contribution is 2.03. The van der Waals surface area contributed by atoms with Crippen LogP contribution in [0.3, 0.4) is 0 Å². The van der Waals surface area contributed by atoms with E-state index in [9.17, 15) is 0 Å². The molecule has 0 bridgehead atoms. The summed E-state index contributed by atoms with van der Waals surface area (Å²) in [5.41, 5.74) is 0. The van der Waals surface area contributed by atoms with Crippen LogP contribution >= 0.6 is 24.0 Å². The van der Waals surface area contributed by atoms with Crippen LogP contribution in [0.5, 0.6) is 0 Å². The van der Waals surface area contributed by atoms with Crippen LogP contribution in [-0.2, 0) is 0 Å². The molecule has 0 radical (unpaired) electrons. The summed E-state index contributed by atoms with van der Waals surface area (Å²) in [4.78, 5) is 0. The zero-order valence-corrected chi connectivity index (χ0v) is 5.56. The summed E-state index contributed by atoms with van der Waals surface area (Å²) in [5, 5.41) is 3.55. The van der Waals surface area contributed by atoms with Crippen molar-refractivity contribution < 1.29 is 0 Å². The van der Waals surface area contributed by atoms with Crippen molar-refractivity contribution >= 4 is 24.0 Å². The average molecular weight is 142 g/mol. The largest absolute Gasteiger partial charge is 0.315 e. The van der Waals surface area contributed by atoms with Gasteiger partial charge in [0.2, 0.25) is 0 Å². The van der Waals surface area contributed by atoms with Gasteiger partial charge in [-0.3, -0.25) is 0 Å². The van der Waals surface area contributed by atoms with Crippen molar-refractivity contribution in [3.63, 3.8) is 0 Å². The van der Waals surface area contributed by atoms with E-state index in [2.05, 4.69) is 5.32 Å². The van der Waals surface area contributed by atoms with Gasteiger partial charge in [-0.1, -0.05) is 0 Å². The van der Waals surface area contributed by atoms with Gasteiger partial charge in [-0.25, -0.2) is 0 Å². The molecule has 0 saturated carbocycles. The Morgan fingerprint density at radius 2 is 2.29 bits per heavy atom. The number of alkyl halides is 1. The Hall–Kier alpha value is 0.540. The summed E-state index contributed by atoms with van der Waals surface area (Å²) in [6.07, 6.45) is 1.14. The molecular weight excluding hydrogens is 133 g/mol. The molecule has 3 heteroatoms. The first-order chi connectivity index (χ1) is 2.89. The SMILES string of the molecule is Cl.ClC1CCNC1. The predicted octanol–water partition coefficient (Wildman–Crippen LogP) is 1.01. The van der Waals surface area contributed by atoms with Crippen LogP contribution in [0.1, 0.15) is 6.42 Å². The van der Waals surface area contributed by atoms with Crippen molar-refractivity contribution in [2.45, 2.75) is 11.8 Å². The lowest BCUT2D eigenvalue weighted by Crippen LogP contribution is -2.07. The highest BCUT2D eigenvalue weighted by atomic mass is 35.5. The molecule has 1 fully saturated rings. The van der Waals surface area contributed by atoms with Gasteiger partial charge in [-0.05, 0) is 13.0 Å². The van der Waals surface area contributed by atoms with Crippen LogP contribution in [0.4, 0.5) is 0 Å². The third-order valence-corrected chi connectivity index (χ3v) is 1.37. The van der Waals surface area contributed by atoms with Crippen molar-refractivity contribution in [1.82, 2.24) is 5.32 Å². The minimum atomic E-state index is 0. The van der Waals surface area contributed by atoms with Crippen LogP contribution in [0, 0.1) is 0 Å². The number of nitrogens with one attached hydrogen (secondary N) is 1. The molecule has 0 amide bonds. The molecule has 1 unspecified atom stereocenters. The number of hydrogen-bond acceptors (Lipinski definition) is 1. The Morgan fingerprint density at radius 1 is 1.57 bits per heavy atom. The molecule has 0 aliphatic carbocycles. The maximum atomic E-state index is 5.65. The minimum absolute atomic E-state index is 0. The Bertz CT molecular complexity index is 43.0. The fourth-order valence-electron chi connectivity index (χ4n) is 0.619. The van der Waals surface area contributed by atoms with Gasteiger partial charge in [0.05, 0.1) is 0 Å². The second-order valence-electron chi connectivity index (χ2n) is 1.59. The Morgan fingerprint density at radius 3 is 2.43 bits per heavy atom. The third-order valence-electron chi connectivity index (χ3n) is 1.00. The molecule has 1 N–H and O–H groups in total. The second kappa shape index (κ2) is 3.53. The zero-order valence-electron chi connectivity index (χ0n) is 3.98. The summed E-state index contributed by atoms with van der Waals surface area (Å²) in [7, 11) is 0. The van der Waals surface area contributed by atoms with E-state index in [1.807, 2.05) is 0 Å². The highest BCUT2D eigenvalue weighted by Gasteiger charge is 2.08. The molecule has 1 atom stereocenters. The van der Waals surface area contributed by atoms with Crippen molar-refractivity contribution in [2.24, 2.45) is 0 Å². The second-order valence-corrected chi connectivity index (χ2v) is 2.21. The number of hydrogen-bond donors (Lipinski definition) is 1. The van der Waals surface area contributed by atoms with E-state index in [-0.39, 0.29) is 12.4 Å². The minimum Gasteiger partial charge on any atom is -0.315 e. The molecule has 0 spiro atoms. The maximum Gasteiger partial charge on any atom is 0.0472 e. The summed E-state index contributed by atoms with van der Waals surface area (Å²) < 4.78 is 0. The lowest BCUT2D eigenvalue weighted by atomic mass is 10.4. The summed E-state index contributed by atoms with van der Waals surface area (Å²) in [5.74, 6) is 0. The molecule has 1 aliphatic heterocycles. The summed E-state index contributed by atoms with van der Waals surface area (Å²) in [6, 6.07) is 0. The Balaban J connectivity index is 0.000000360. The predicted molar refractivity (Wildman–Crippen MR) is 34.4 cm³/mol. The molecule has 7 heavy (non-hydrogen) atoms. The molecule has 1 heterocycles. The van der Waals surface area contributed by atoms with Gasteiger partial charge in [0.1, 0.15) is 0 Å². The van der Waals surface area contributed by atoms with E-state index in [1.165, 1.54) is 0 Å². The molecule has 0 aromatic rings.